The average molecular weight is 363 g/mol. The molecule has 2 aromatic carbocycles. The lowest BCUT2D eigenvalue weighted by Gasteiger charge is -2.33. The van der Waals surface area contributed by atoms with E-state index >= 15 is 0 Å². The number of likely N-dealkylation sites (N-methyl/N-ethyl adjacent to an activating group) is 1. The highest BCUT2D eigenvalue weighted by atomic mass is 19.2. The first-order valence-electron chi connectivity index (χ1n) is 8.36. The van der Waals surface area contributed by atoms with Crippen LogP contribution in [0.3, 0.4) is 0 Å². The first-order chi connectivity index (χ1) is 12.4. The Kier molecular flexibility index (Phi) is 5.18. The third kappa shape index (κ3) is 3.67. The molecule has 1 aliphatic rings. The van der Waals surface area contributed by atoms with Crippen molar-refractivity contribution in [2.75, 3.05) is 38.5 Å². The molecule has 0 saturated carbocycles. The molecule has 0 unspecified atom stereocenters. The number of piperazine rings is 1. The number of nitrogens with zero attached hydrogens (tertiary/aromatic N) is 2. The molecule has 0 radical (unpaired) electrons. The maximum atomic E-state index is 14.4. The van der Waals surface area contributed by atoms with E-state index in [0.29, 0.717) is 31.7 Å². The van der Waals surface area contributed by atoms with E-state index in [9.17, 15) is 18.0 Å². The molecule has 0 aromatic heterocycles. The van der Waals surface area contributed by atoms with Crippen molar-refractivity contribution in [2.24, 2.45) is 0 Å². The number of hydrogen-bond acceptors (Lipinski definition) is 3. The molecule has 1 N–H and O–H groups in total. The van der Waals surface area contributed by atoms with E-state index < -0.39 is 23.4 Å². The van der Waals surface area contributed by atoms with Crippen LogP contribution in [0.5, 0.6) is 0 Å². The van der Waals surface area contributed by atoms with Crippen LogP contribution in [0.2, 0.25) is 0 Å². The normalized spacial score (nSPS) is 15.2. The Bertz CT molecular complexity index is 833. The van der Waals surface area contributed by atoms with Crippen LogP contribution in [-0.2, 0) is 0 Å². The molecule has 1 aliphatic heterocycles. The maximum absolute atomic E-state index is 14.4. The molecule has 4 nitrogen and oxygen atoms in total. The smallest absolute Gasteiger partial charge is 0.256 e. The summed E-state index contributed by atoms with van der Waals surface area (Å²) in [7, 11) is 1.95. The summed E-state index contributed by atoms with van der Waals surface area (Å²) in [6.45, 7) is 4.10. The molecule has 1 heterocycles. The van der Waals surface area contributed by atoms with Crippen LogP contribution in [0.25, 0.3) is 0 Å². The summed E-state index contributed by atoms with van der Waals surface area (Å²) in [5, 5.41) is 2.56. The molecule has 2 aromatic rings. The number of carbonyl (C=O) groups is 1. The van der Waals surface area contributed by atoms with E-state index in [1.807, 2.05) is 7.05 Å². The minimum Gasteiger partial charge on any atom is -0.350 e. The van der Waals surface area contributed by atoms with Crippen LogP contribution in [-0.4, -0.2) is 48.9 Å². The lowest BCUT2D eigenvalue weighted by atomic mass is 10.1. The SMILES string of the molecule is Cc1ccc(Nc2c(C(=O)N3CCN(C)CC3)ccc(F)c2F)c(F)c1. The third-order valence-corrected chi connectivity index (χ3v) is 4.50. The minimum atomic E-state index is -1.20. The first kappa shape index (κ1) is 18.3. The number of benzene rings is 2. The van der Waals surface area contributed by atoms with Gasteiger partial charge in [0.1, 0.15) is 5.82 Å². The van der Waals surface area contributed by atoms with Gasteiger partial charge in [-0.1, -0.05) is 6.07 Å². The zero-order valence-corrected chi connectivity index (χ0v) is 14.7. The Hall–Kier alpha value is -2.54. The summed E-state index contributed by atoms with van der Waals surface area (Å²) in [6, 6.07) is 6.49. The van der Waals surface area contributed by atoms with E-state index in [2.05, 4.69) is 10.2 Å². The van der Waals surface area contributed by atoms with Gasteiger partial charge in [-0.05, 0) is 43.8 Å². The number of amides is 1. The van der Waals surface area contributed by atoms with Crippen LogP contribution in [0.4, 0.5) is 24.5 Å². The number of rotatable bonds is 3. The summed E-state index contributed by atoms with van der Waals surface area (Å²) in [6.07, 6.45) is 0. The van der Waals surface area contributed by atoms with E-state index in [4.69, 9.17) is 0 Å². The summed E-state index contributed by atoms with van der Waals surface area (Å²) in [4.78, 5) is 16.5. The number of hydrogen-bond donors (Lipinski definition) is 1. The molecule has 138 valence electrons. The number of carbonyl (C=O) groups excluding carboxylic acids is 1. The summed E-state index contributed by atoms with van der Waals surface area (Å²) >= 11 is 0. The second-order valence-electron chi connectivity index (χ2n) is 6.49. The van der Waals surface area contributed by atoms with Gasteiger partial charge in [-0.3, -0.25) is 4.79 Å². The molecule has 0 bridgehead atoms. The molecule has 7 heteroatoms. The Morgan fingerprint density at radius 2 is 1.69 bits per heavy atom. The molecule has 1 saturated heterocycles. The maximum Gasteiger partial charge on any atom is 0.256 e. The second-order valence-corrected chi connectivity index (χ2v) is 6.49. The van der Waals surface area contributed by atoms with Crippen molar-refractivity contribution in [2.45, 2.75) is 6.92 Å². The van der Waals surface area contributed by atoms with Crippen LogP contribution < -0.4 is 5.32 Å². The fourth-order valence-corrected chi connectivity index (χ4v) is 2.89. The minimum absolute atomic E-state index is 0.0200. The molecular weight excluding hydrogens is 343 g/mol. The molecular formula is C19H20F3N3O. The molecule has 1 amide bonds. The van der Waals surface area contributed by atoms with Gasteiger partial charge in [0.05, 0.1) is 16.9 Å². The van der Waals surface area contributed by atoms with Crippen LogP contribution >= 0.6 is 0 Å². The number of aryl methyl sites for hydroxylation is 1. The predicted molar refractivity (Wildman–Crippen MR) is 94.2 cm³/mol. The molecule has 26 heavy (non-hydrogen) atoms. The lowest BCUT2D eigenvalue weighted by molar-refractivity contribution is 0.0664. The number of anilines is 2. The van der Waals surface area contributed by atoms with Gasteiger partial charge < -0.3 is 15.1 Å². The van der Waals surface area contributed by atoms with Gasteiger partial charge in [0.2, 0.25) is 0 Å². The highest BCUT2D eigenvalue weighted by molar-refractivity contribution is 6.00. The average Bonchev–Trinajstić information content (AvgIpc) is 2.61. The van der Waals surface area contributed by atoms with Crippen molar-refractivity contribution in [1.82, 2.24) is 9.80 Å². The van der Waals surface area contributed by atoms with E-state index in [1.54, 1.807) is 17.9 Å². The van der Waals surface area contributed by atoms with Crippen molar-refractivity contribution in [3.63, 3.8) is 0 Å². The highest BCUT2D eigenvalue weighted by Gasteiger charge is 2.25. The van der Waals surface area contributed by atoms with Crippen LogP contribution in [0.15, 0.2) is 30.3 Å². The van der Waals surface area contributed by atoms with Gasteiger partial charge in [-0.25, -0.2) is 13.2 Å². The van der Waals surface area contributed by atoms with Gasteiger partial charge in [-0.2, -0.15) is 0 Å². The van der Waals surface area contributed by atoms with Crippen molar-refractivity contribution < 1.29 is 18.0 Å². The second kappa shape index (κ2) is 7.37. The Morgan fingerprint density at radius 3 is 2.35 bits per heavy atom. The van der Waals surface area contributed by atoms with Gasteiger partial charge in [0.15, 0.2) is 11.6 Å². The monoisotopic (exact) mass is 363 g/mol. The summed E-state index contributed by atoms with van der Waals surface area (Å²) in [5.41, 5.74) is 0.305. The molecule has 1 fully saturated rings. The van der Waals surface area contributed by atoms with Gasteiger partial charge in [0.25, 0.3) is 5.91 Å². The standard InChI is InChI=1S/C19H20F3N3O/c1-12-3-6-16(15(21)11-12)23-18-13(4-5-14(20)17(18)22)19(26)25-9-7-24(2)8-10-25/h3-6,11,23H,7-10H2,1-2H3. The van der Waals surface area contributed by atoms with Crippen molar-refractivity contribution >= 4 is 17.3 Å². The Balaban J connectivity index is 1.96. The van der Waals surface area contributed by atoms with Crippen molar-refractivity contribution in [1.29, 1.82) is 0 Å². The third-order valence-electron chi connectivity index (χ3n) is 4.50. The summed E-state index contributed by atoms with van der Waals surface area (Å²) in [5.74, 6) is -3.32. The van der Waals surface area contributed by atoms with E-state index in [0.717, 1.165) is 6.07 Å². The van der Waals surface area contributed by atoms with Gasteiger partial charge in [-0.15, -0.1) is 0 Å². The van der Waals surface area contributed by atoms with Crippen molar-refractivity contribution in [3.05, 3.63) is 58.9 Å². The van der Waals surface area contributed by atoms with Crippen LogP contribution in [0.1, 0.15) is 15.9 Å². The van der Waals surface area contributed by atoms with Gasteiger partial charge >= 0.3 is 0 Å². The zero-order valence-electron chi connectivity index (χ0n) is 14.7. The van der Waals surface area contributed by atoms with Crippen LogP contribution in [0, 0.1) is 24.4 Å². The molecule has 3 rings (SSSR count). The lowest BCUT2D eigenvalue weighted by Crippen LogP contribution is -2.47. The molecule has 0 spiro atoms. The highest BCUT2D eigenvalue weighted by Crippen LogP contribution is 2.29. The fraction of sp³-hybridized carbons (Fsp3) is 0.316. The van der Waals surface area contributed by atoms with E-state index in [1.165, 1.54) is 18.2 Å². The Labute approximate surface area is 150 Å². The zero-order chi connectivity index (χ0) is 18.8. The topological polar surface area (TPSA) is 35.6 Å². The predicted octanol–water partition coefficient (Wildman–Crippen LogP) is 3.54. The van der Waals surface area contributed by atoms with Gasteiger partial charge in [0, 0.05) is 26.2 Å². The fourth-order valence-electron chi connectivity index (χ4n) is 2.89. The van der Waals surface area contributed by atoms with E-state index in [-0.39, 0.29) is 16.9 Å². The molecule has 0 atom stereocenters. The Morgan fingerprint density at radius 1 is 1.00 bits per heavy atom. The molecule has 0 aliphatic carbocycles. The van der Waals surface area contributed by atoms with Crippen molar-refractivity contribution in [3.8, 4) is 0 Å². The first-order valence-corrected chi connectivity index (χ1v) is 8.36. The summed E-state index contributed by atoms with van der Waals surface area (Å²) < 4.78 is 42.3. The number of halogens is 3. The largest absolute Gasteiger partial charge is 0.350 e. The number of nitrogens with one attached hydrogen (secondary N) is 1. The quantitative estimate of drug-likeness (QED) is 0.906.